The molecular formula is C13H26N2. The van der Waals surface area contributed by atoms with E-state index in [1.54, 1.807) is 0 Å². The molecule has 1 unspecified atom stereocenters. The Labute approximate surface area is 94.4 Å². The smallest absolute Gasteiger partial charge is 0.0334 e. The molecule has 1 aliphatic heterocycles. The molecule has 2 heteroatoms. The van der Waals surface area contributed by atoms with E-state index in [0.717, 1.165) is 6.04 Å². The van der Waals surface area contributed by atoms with E-state index in [1.165, 1.54) is 58.2 Å². The molecule has 0 radical (unpaired) electrons. The summed E-state index contributed by atoms with van der Waals surface area (Å²) in [4.78, 5) is 2.76. The summed E-state index contributed by atoms with van der Waals surface area (Å²) in [6, 6.07) is 0.751. The predicted molar refractivity (Wildman–Crippen MR) is 65.1 cm³/mol. The Hall–Kier alpha value is -0.0800. The van der Waals surface area contributed by atoms with Crippen molar-refractivity contribution >= 4 is 0 Å². The summed E-state index contributed by atoms with van der Waals surface area (Å²) < 4.78 is 0. The molecule has 0 aromatic rings. The van der Waals surface area contributed by atoms with E-state index in [2.05, 4.69) is 24.1 Å². The molecule has 1 spiro atoms. The van der Waals surface area contributed by atoms with Crippen LogP contribution < -0.4 is 5.32 Å². The number of hydrogen-bond donors (Lipinski definition) is 1. The Morgan fingerprint density at radius 1 is 1.27 bits per heavy atom. The maximum Gasteiger partial charge on any atom is 0.0334 e. The van der Waals surface area contributed by atoms with Crippen molar-refractivity contribution in [3.05, 3.63) is 0 Å². The second-order valence-corrected chi connectivity index (χ2v) is 5.34. The molecule has 1 heterocycles. The quantitative estimate of drug-likeness (QED) is 0.769. The largest absolute Gasteiger partial charge is 0.311 e. The van der Waals surface area contributed by atoms with Gasteiger partial charge in [0.2, 0.25) is 0 Å². The maximum absolute atomic E-state index is 3.78. The fraction of sp³-hybridized carbons (Fsp3) is 1.00. The number of rotatable bonds is 3. The third-order valence-electron chi connectivity index (χ3n) is 4.38. The van der Waals surface area contributed by atoms with Crippen LogP contribution >= 0.6 is 0 Å². The van der Waals surface area contributed by atoms with Crippen LogP contribution in [-0.4, -0.2) is 36.1 Å². The topological polar surface area (TPSA) is 15.3 Å². The van der Waals surface area contributed by atoms with Gasteiger partial charge in [0.1, 0.15) is 0 Å². The molecule has 0 bridgehead atoms. The van der Waals surface area contributed by atoms with Crippen LogP contribution in [-0.2, 0) is 0 Å². The van der Waals surface area contributed by atoms with Gasteiger partial charge in [-0.15, -0.1) is 0 Å². The molecule has 88 valence electrons. The van der Waals surface area contributed by atoms with E-state index in [-0.39, 0.29) is 0 Å². The van der Waals surface area contributed by atoms with Gasteiger partial charge in [0.05, 0.1) is 0 Å². The van der Waals surface area contributed by atoms with Crippen LogP contribution in [0, 0.1) is 0 Å². The van der Waals surface area contributed by atoms with Crippen LogP contribution in [0.5, 0.6) is 0 Å². The van der Waals surface area contributed by atoms with Gasteiger partial charge in [-0.05, 0) is 25.8 Å². The lowest BCUT2D eigenvalue weighted by Gasteiger charge is -2.48. The van der Waals surface area contributed by atoms with Crippen LogP contribution in [0.4, 0.5) is 0 Å². The standard InChI is InChI=1S/C13H26N2/c1-3-7-12-10-15(4-2)13(11-14-12)8-5-6-9-13/h12,14H,3-11H2,1-2H3. The van der Waals surface area contributed by atoms with Crippen molar-refractivity contribution in [2.24, 2.45) is 0 Å². The van der Waals surface area contributed by atoms with Crippen molar-refractivity contribution in [3.63, 3.8) is 0 Å². The van der Waals surface area contributed by atoms with Crippen LogP contribution in [0.15, 0.2) is 0 Å². The summed E-state index contributed by atoms with van der Waals surface area (Å²) in [5.41, 5.74) is 0.541. The first kappa shape index (κ1) is 11.4. The fourth-order valence-electron chi connectivity index (χ4n) is 3.50. The second kappa shape index (κ2) is 4.84. The van der Waals surface area contributed by atoms with Crippen LogP contribution in [0.25, 0.3) is 0 Å². The van der Waals surface area contributed by atoms with Crippen molar-refractivity contribution in [2.45, 2.75) is 64.0 Å². The first-order valence-electron chi connectivity index (χ1n) is 6.79. The van der Waals surface area contributed by atoms with Crippen molar-refractivity contribution in [1.82, 2.24) is 10.2 Å². The van der Waals surface area contributed by atoms with Gasteiger partial charge in [-0.2, -0.15) is 0 Å². The van der Waals surface area contributed by atoms with Crippen LogP contribution in [0.1, 0.15) is 52.4 Å². The highest BCUT2D eigenvalue weighted by molar-refractivity contribution is 5.01. The zero-order valence-corrected chi connectivity index (χ0v) is 10.4. The average molecular weight is 210 g/mol. The van der Waals surface area contributed by atoms with Gasteiger partial charge < -0.3 is 5.32 Å². The van der Waals surface area contributed by atoms with Gasteiger partial charge in [0.15, 0.2) is 0 Å². The molecule has 2 nitrogen and oxygen atoms in total. The second-order valence-electron chi connectivity index (χ2n) is 5.34. The summed E-state index contributed by atoms with van der Waals surface area (Å²) in [7, 11) is 0. The minimum atomic E-state index is 0.541. The molecule has 0 aromatic heterocycles. The molecule has 2 rings (SSSR count). The lowest BCUT2D eigenvalue weighted by Crippen LogP contribution is -2.63. The Balaban J connectivity index is 1.98. The van der Waals surface area contributed by atoms with Gasteiger partial charge in [0, 0.05) is 24.7 Å². The molecule has 1 N–H and O–H groups in total. The summed E-state index contributed by atoms with van der Waals surface area (Å²) in [5, 5.41) is 3.78. The number of nitrogens with zero attached hydrogens (tertiary/aromatic N) is 1. The Morgan fingerprint density at radius 3 is 2.60 bits per heavy atom. The highest BCUT2D eigenvalue weighted by Gasteiger charge is 2.42. The third kappa shape index (κ3) is 2.21. The molecule has 0 amide bonds. The number of hydrogen-bond acceptors (Lipinski definition) is 2. The summed E-state index contributed by atoms with van der Waals surface area (Å²) in [6.45, 7) is 8.38. The normalized spacial score (nSPS) is 31.2. The molecule has 2 fully saturated rings. The van der Waals surface area contributed by atoms with E-state index in [0.29, 0.717) is 5.54 Å². The zero-order chi connectivity index (χ0) is 10.7. The Morgan fingerprint density at radius 2 is 2.00 bits per heavy atom. The van der Waals surface area contributed by atoms with Gasteiger partial charge in [0.25, 0.3) is 0 Å². The van der Waals surface area contributed by atoms with E-state index in [9.17, 15) is 0 Å². The van der Waals surface area contributed by atoms with E-state index >= 15 is 0 Å². The molecule has 0 aromatic carbocycles. The van der Waals surface area contributed by atoms with Gasteiger partial charge in [-0.1, -0.05) is 33.1 Å². The summed E-state index contributed by atoms with van der Waals surface area (Å²) in [6.07, 6.45) is 8.38. The van der Waals surface area contributed by atoms with E-state index in [4.69, 9.17) is 0 Å². The van der Waals surface area contributed by atoms with E-state index in [1.807, 2.05) is 0 Å². The molecule has 1 saturated carbocycles. The average Bonchev–Trinajstić information content (AvgIpc) is 2.71. The number of nitrogens with one attached hydrogen (secondary N) is 1. The van der Waals surface area contributed by atoms with Gasteiger partial charge in [-0.25, -0.2) is 0 Å². The predicted octanol–water partition coefficient (Wildman–Crippen LogP) is 2.39. The lowest BCUT2D eigenvalue weighted by molar-refractivity contribution is 0.0461. The Bertz CT molecular complexity index is 197. The molecule has 2 aliphatic rings. The molecule has 1 atom stereocenters. The SMILES string of the molecule is CCCC1CN(CC)C2(CCCC2)CN1. The van der Waals surface area contributed by atoms with Crippen LogP contribution in [0.2, 0.25) is 0 Å². The summed E-state index contributed by atoms with van der Waals surface area (Å²) in [5.74, 6) is 0. The molecule has 1 aliphatic carbocycles. The number of piperazine rings is 1. The van der Waals surface area contributed by atoms with Crippen molar-refractivity contribution in [3.8, 4) is 0 Å². The lowest BCUT2D eigenvalue weighted by atomic mass is 9.90. The van der Waals surface area contributed by atoms with Gasteiger partial charge in [-0.3, -0.25) is 4.90 Å². The minimum Gasteiger partial charge on any atom is -0.311 e. The minimum absolute atomic E-state index is 0.541. The highest BCUT2D eigenvalue weighted by Crippen LogP contribution is 2.36. The van der Waals surface area contributed by atoms with Crippen molar-refractivity contribution < 1.29 is 0 Å². The molecule has 1 saturated heterocycles. The van der Waals surface area contributed by atoms with Crippen molar-refractivity contribution in [2.75, 3.05) is 19.6 Å². The maximum atomic E-state index is 3.78. The fourth-order valence-corrected chi connectivity index (χ4v) is 3.50. The molecule has 15 heavy (non-hydrogen) atoms. The molecular weight excluding hydrogens is 184 g/mol. The van der Waals surface area contributed by atoms with Crippen molar-refractivity contribution in [1.29, 1.82) is 0 Å². The first-order valence-corrected chi connectivity index (χ1v) is 6.79. The van der Waals surface area contributed by atoms with Gasteiger partial charge >= 0.3 is 0 Å². The monoisotopic (exact) mass is 210 g/mol. The van der Waals surface area contributed by atoms with E-state index < -0.39 is 0 Å². The zero-order valence-electron chi connectivity index (χ0n) is 10.4. The third-order valence-corrected chi connectivity index (χ3v) is 4.38. The summed E-state index contributed by atoms with van der Waals surface area (Å²) >= 11 is 0. The van der Waals surface area contributed by atoms with Crippen LogP contribution in [0.3, 0.4) is 0 Å². The highest BCUT2D eigenvalue weighted by atomic mass is 15.3. The Kier molecular flexibility index (Phi) is 3.68. The number of likely N-dealkylation sites (N-methyl/N-ethyl adjacent to an activating group) is 1. The first-order chi connectivity index (χ1) is 7.30.